The van der Waals surface area contributed by atoms with Crippen molar-refractivity contribution in [1.82, 2.24) is 4.98 Å². The van der Waals surface area contributed by atoms with Crippen LogP contribution in [0, 0.1) is 25.2 Å². The molecule has 1 aliphatic heterocycles. The topological polar surface area (TPSA) is 49.2 Å². The van der Waals surface area contributed by atoms with Crippen LogP contribution in [0.1, 0.15) is 42.5 Å². The van der Waals surface area contributed by atoms with Crippen LogP contribution in [-0.4, -0.2) is 30.3 Å². The van der Waals surface area contributed by atoms with Gasteiger partial charge in [-0.1, -0.05) is 12.8 Å². The van der Waals surface area contributed by atoms with Gasteiger partial charge in [-0.25, -0.2) is 4.98 Å². The second-order valence-electron chi connectivity index (χ2n) is 5.85. The number of morpholine rings is 1. The quantitative estimate of drug-likeness (QED) is 0.788. The number of aromatic nitrogens is 1. The van der Waals surface area contributed by atoms with Crippen LogP contribution in [0.3, 0.4) is 0 Å². The van der Waals surface area contributed by atoms with Gasteiger partial charge >= 0.3 is 0 Å². The minimum absolute atomic E-state index is 0.312. The van der Waals surface area contributed by atoms with E-state index in [-0.39, 0.29) is 0 Å². The summed E-state index contributed by atoms with van der Waals surface area (Å²) in [5.41, 5.74) is 2.73. The highest BCUT2D eigenvalue weighted by Crippen LogP contribution is 2.33. The monoisotopic (exact) mass is 271 g/mol. The number of aryl methyl sites for hydroxylation is 2. The van der Waals surface area contributed by atoms with Crippen molar-refractivity contribution in [2.24, 2.45) is 0 Å². The zero-order valence-electron chi connectivity index (χ0n) is 12.2. The van der Waals surface area contributed by atoms with E-state index in [4.69, 9.17) is 4.74 Å². The fourth-order valence-corrected chi connectivity index (χ4v) is 3.52. The number of pyridine rings is 1. The Labute approximate surface area is 120 Å². The van der Waals surface area contributed by atoms with Crippen molar-refractivity contribution in [1.29, 1.82) is 5.26 Å². The van der Waals surface area contributed by atoms with Crippen LogP contribution >= 0.6 is 0 Å². The summed E-state index contributed by atoms with van der Waals surface area (Å²) in [6.07, 6.45) is 5.08. The SMILES string of the molecule is Cc1cc(C)c(C#N)c(N2CCOC3CCCCC32)n1. The second kappa shape index (κ2) is 5.41. The molecule has 2 fully saturated rings. The highest BCUT2D eigenvalue weighted by molar-refractivity contribution is 5.59. The van der Waals surface area contributed by atoms with Crippen LogP contribution in [-0.2, 0) is 4.74 Å². The first-order chi connectivity index (χ1) is 9.70. The van der Waals surface area contributed by atoms with Gasteiger partial charge in [-0.05, 0) is 38.3 Å². The lowest BCUT2D eigenvalue weighted by Gasteiger charge is -2.44. The first kappa shape index (κ1) is 13.4. The van der Waals surface area contributed by atoms with Crippen LogP contribution < -0.4 is 4.90 Å². The molecule has 0 spiro atoms. The summed E-state index contributed by atoms with van der Waals surface area (Å²) >= 11 is 0. The molecule has 0 N–H and O–H groups in total. The number of rotatable bonds is 1. The van der Waals surface area contributed by atoms with Crippen LogP contribution in [0.25, 0.3) is 0 Å². The van der Waals surface area contributed by atoms with Gasteiger partial charge in [0, 0.05) is 12.2 Å². The number of hydrogen-bond donors (Lipinski definition) is 0. The molecule has 2 aliphatic rings. The number of ether oxygens (including phenoxy) is 1. The van der Waals surface area contributed by atoms with E-state index >= 15 is 0 Å². The lowest BCUT2D eigenvalue weighted by molar-refractivity contribution is -0.00901. The van der Waals surface area contributed by atoms with Gasteiger partial charge < -0.3 is 9.64 Å². The molecule has 3 rings (SSSR count). The van der Waals surface area contributed by atoms with Crippen molar-refractivity contribution in [2.45, 2.75) is 51.7 Å². The second-order valence-corrected chi connectivity index (χ2v) is 5.85. The highest BCUT2D eigenvalue weighted by atomic mass is 16.5. The molecule has 1 aliphatic carbocycles. The van der Waals surface area contributed by atoms with Gasteiger partial charge in [0.2, 0.25) is 0 Å². The first-order valence-electron chi connectivity index (χ1n) is 7.47. The van der Waals surface area contributed by atoms with Crippen molar-refractivity contribution >= 4 is 5.82 Å². The van der Waals surface area contributed by atoms with E-state index in [0.29, 0.717) is 12.1 Å². The summed E-state index contributed by atoms with van der Waals surface area (Å²) in [7, 11) is 0. The zero-order valence-corrected chi connectivity index (χ0v) is 12.2. The fraction of sp³-hybridized carbons (Fsp3) is 0.625. The maximum absolute atomic E-state index is 9.47. The summed E-state index contributed by atoms with van der Waals surface area (Å²) in [4.78, 5) is 6.99. The normalized spacial score (nSPS) is 25.9. The van der Waals surface area contributed by atoms with Gasteiger partial charge in [0.05, 0.1) is 24.3 Å². The predicted molar refractivity (Wildman–Crippen MR) is 77.8 cm³/mol. The molecule has 0 bridgehead atoms. The predicted octanol–water partition coefficient (Wildman–Crippen LogP) is 2.72. The number of hydrogen-bond acceptors (Lipinski definition) is 4. The standard InChI is InChI=1S/C16H21N3O/c1-11-9-12(2)18-16(13(11)10-17)19-7-8-20-15-6-4-3-5-14(15)19/h9,14-15H,3-8H2,1-2H3. The molecule has 0 amide bonds. The van der Waals surface area contributed by atoms with E-state index in [0.717, 1.165) is 48.6 Å². The van der Waals surface area contributed by atoms with Gasteiger partial charge in [-0.15, -0.1) is 0 Å². The zero-order chi connectivity index (χ0) is 14.1. The van der Waals surface area contributed by atoms with Crippen molar-refractivity contribution in [3.05, 3.63) is 22.9 Å². The summed E-state index contributed by atoms with van der Waals surface area (Å²) < 4.78 is 5.92. The molecule has 1 saturated carbocycles. The molecule has 4 nitrogen and oxygen atoms in total. The molecular formula is C16H21N3O. The minimum Gasteiger partial charge on any atom is -0.374 e. The molecular weight excluding hydrogens is 250 g/mol. The van der Waals surface area contributed by atoms with Crippen LogP contribution in [0.15, 0.2) is 6.07 Å². The third-order valence-corrected chi connectivity index (χ3v) is 4.44. The smallest absolute Gasteiger partial charge is 0.147 e. The van der Waals surface area contributed by atoms with E-state index in [1.807, 2.05) is 19.9 Å². The van der Waals surface area contributed by atoms with Gasteiger partial charge in [-0.3, -0.25) is 0 Å². The van der Waals surface area contributed by atoms with Gasteiger partial charge in [0.25, 0.3) is 0 Å². The summed E-state index contributed by atoms with van der Waals surface area (Å²) in [6.45, 7) is 5.57. The molecule has 2 heterocycles. The van der Waals surface area contributed by atoms with Gasteiger partial charge in [0.15, 0.2) is 0 Å². The van der Waals surface area contributed by atoms with E-state index in [9.17, 15) is 5.26 Å². The van der Waals surface area contributed by atoms with Gasteiger partial charge in [-0.2, -0.15) is 5.26 Å². The molecule has 2 atom stereocenters. The molecule has 20 heavy (non-hydrogen) atoms. The Balaban J connectivity index is 2.01. The van der Waals surface area contributed by atoms with Crippen molar-refractivity contribution in [3.8, 4) is 6.07 Å². The molecule has 106 valence electrons. The van der Waals surface area contributed by atoms with E-state index < -0.39 is 0 Å². The molecule has 2 unspecified atom stereocenters. The molecule has 0 aromatic carbocycles. The molecule has 1 aromatic heterocycles. The third kappa shape index (κ3) is 2.27. The number of anilines is 1. The lowest BCUT2D eigenvalue weighted by atomic mass is 9.89. The Morgan fingerprint density at radius 3 is 2.95 bits per heavy atom. The summed E-state index contributed by atoms with van der Waals surface area (Å²) in [6, 6.07) is 4.71. The van der Waals surface area contributed by atoms with Crippen LogP contribution in [0.5, 0.6) is 0 Å². The van der Waals surface area contributed by atoms with Crippen LogP contribution in [0.4, 0.5) is 5.82 Å². The van der Waals surface area contributed by atoms with E-state index in [1.54, 1.807) is 0 Å². The number of fused-ring (bicyclic) bond motifs is 1. The summed E-state index contributed by atoms with van der Waals surface area (Å²) in [5, 5.41) is 9.47. The molecule has 1 saturated heterocycles. The largest absolute Gasteiger partial charge is 0.374 e. The molecule has 0 radical (unpaired) electrons. The number of nitriles is 1. The minimum atomic E-state index is 0.312. The Kier molecular flexibility index (Phi) is 3.62. The Morgan fingerprint density at radius 2 is 2.15 bits per heavy atom. The maximum atomic E-state index is 9.47. The Morgan fingerprint density at radius 1 is 1.35 bits per heavy atom. The average Bonchev–Trinajstić information content (AvgIpc) is 2.46. The van der Waals surface area contributed by atoms with Crippen molar-refractivity contribution in [2.75, 3.05) is 18.1 Å². The average molecular weight is 271 g/mol. The van der Waals surface area contributed by atoms with Gasteiger partial charge in [0.1, 0.15) is 11.9 Å². The summed E-state index contributed by atoms with van der Waals surface area (Å²) in [5.74, 6) is 0.866. The number of nitrogens with zero attached hydrogens (tertiary/aromatic N) is 3. The van der Waals surface area contributed by atoms with Crippen molar-refractivity contribution in [3.63, 3.8) is 0 Å². The van der Waals surface area contributed by atoms with E-state index in [2.05, 4.69) is 16.0 Å². The fourth-order valence-electron chi connectivity index (χ4n) is 3.52. The third-order valence-electron chi connectivity index (χ3n) is 4.44. The van der Waals surface area contributed by atoms with Crippen molar-refractivity contribution < 1.29 is 4.74 Å². The highest BCUT2D eigenvalue weighted by Gasteiger charge is 2.36. The first-order valence-corrected chi connectivity index (χ1v) is 7.47. The van der Waals surface area contributed by atoms with E-state index in [1.165, 1.54) is 12.8 Å². The molecule has 4 heteroatoms. The lowest BCUT2D eigenvalue weighted by Crippen LogP contribution is -2.53. The molecule has 1 aromatic rings. The van der Waals surface area contributed by atoms with Crippen LogP contribution in [0.2, 0.25) is 0 Å². The Bertz CT molecular complexity index is 547. The maximum Gasteiger partial charge on any atom is 0.147 e. The Hall–Kier alpha value is -1.60.